The third-order valence-corrected chi connectivity index (χ3v) is 5.13. The first kappa shape index (κ1) is 14.2. The van der Waals surface area contributed by atoms with Crippen molar-refractivity contribution in [2.24, 2.45) is 11.8 Å². The molecule has 1 aromatic carbocycles. The Morgan fingerprint density at radius 1 is 1.04 bits per heavy atom. The van der Waals surface area contributed by atoms with Crippen molar-refractivity contribution in [1.29, 1.82) is 0 Å². The molecule has 1 fully saturated rings. The molecule has 2 bridgehead atoms. The van der Waals surface area contributed by atoms with Crippen LogP contribution >= 0.6 is 0 Å². The van der Waals surface area contributed by atoms with E-state index < -0.39 is 0 Å². The summed E-state index contributed by atoms with van der Waals surface area (Å²) in [5, 5.41) is 5.99. The van der Waals surface area contributed by atoms with Crippen LogP contribution in [0.3, 0.4) is 0 Å². The van der Waals surface area contributed by atoms with Gasteiger partial charge in [-0.3, -0.25) is 5.32 Å². The predicted molar refractivity (Wildman–Crippen MR) is 88.0 cm³/mol. The number of benzene rings is 1. The molecule has 1 heterocycles. The molecule has 2 aromatic rings. The topological polar surface area (TPSA) is 66.9 Å². The lowest BCUT2D eigenvalue weighted by Gasteiger charge is -2.23. The standard InChI is InChI=1S/C18H20N4O/c23-18(21-16-7-8-19-11-20-16)22-17-14-5-6-15(17)10-13-4-2-1-3-12(13)9-14/h1-4,7-8,11,14-15,17H,5-6,9-10H2,(H2,19,20,21,22,23). The SMILES string of the molecule is O=C(Nc1ccncn1)NC1C2CCC1Cc1ccccc1C2. The highest BCUT2D eigenvalue weighted by Crippen LogP contribution is 2.40. The molecule has 23 heavy (non-hydrogen) atoms. The summed E-state index contributed by atoms with van der Waals surface area (Å²) in [7, 11) is 0. The van der Waals surface area contributed by atoms with Crippen molar-refractivity contribution in [3.8, 4) is 0 Å². The molecule has 0 aliphatic heterocycles. The quantitative estimate of drug-likeness (QED) is 0.896. The fraction of sp³-hybridized carbons (Fsp3) is 0.389. The number of urea groups is 1. The number of nitrogens with one attached hydrogen (secondary N) is 2. The summed E-state index contributed by atoms with van der Waals surface area (Å²) in [6.07, 6.45) is 7.56. The fourth-order valence-corrected chi connectivity index (χ4v) is 4.06. The maximum Gasteiger partial charge on any atom is 0.320 e. The van der Waals surface area contributed by atoms with E-state index in [0.29, 0.717) is 17.7 Å². The van der Waals surface area contributed by atoms with Gasteiger partial charge in [0.05, 0.1) is 0 Å². The van der Waals surface area contributed by atoms with Gasteiger partial charge in [-0.2, -0.15) is 0 Å². The monoisotopic (exact) mass is 308 g/mol. The highest BCUT2D eigenvalue weighted by atomic mass is 16.2. The first-order valence-corrected chi connectivity index (χ1v) is 8.20. The minimum Gasteiger partial charge on any atom is -0.335 e. The fourth-order valence-electron chi connectivity index (χ4n) is 4.06. The van der Waals surface area contributed by atoms with Gasteiger partial charge in [0.25, 0.3) is 0 Å². The number of anilines is 1. The van der Waals surface area contributed by atoms with Gasteiger partial charge in [-0.05, 0) is 54.7 Å². The number of hydrogen-bond donors (Lipinski definition) is 2. The van der Waals surface area contributed by atoms with Crippen LogP contribution in [0.5, 0.6) is 0 Å². The Bertz CT molecular complexity index is 670. The number of carbonyl (C=O) groups is 1. The zero-order valence-electron chi connectivity index (χ0n) is 12.9. The average Bonchev–Trinajstić information content (AvgIpc) is 2.83. The molecule has 1 saturated carbocycles. The van der Waals surface area contributed by atoms with Gasteiger partial charge in [0.15, 0.2) is 0 Å². The molecular weight excluding hydrogens is 288 g/mol. The summed E-state index contributed by atoms with van der Waals surface area (Å²) >= 11 is 0. The van der Waals surface area contributed by atoms with Gasteiger partial charge in [-0.25, -0.2) is 14.8 Å². The summed E-state index contributed by atoms with van der Waals surface area (Å²) in [5.74, 6) is 1.58. The van der Waals surface area contributed by atoms with E-state index in [2.05, 4.69) is 44.9 Å². The molecular formula is C18H20N4O. The van der Waals surface area contributed by atoms with Crippen molar-refractivity contribution >= 4 is 11.8 Å². The number of carbonyl (C=O) groups excluding carboxylic acids is 1. The predicted octanol–water partition coefficient (Wildman–Crippen LogP) is 2.79. The van der Waals surface area contributed by atoms with E-state index in [-0.39, 0.29) is 12.1 Å². The zero-order chi connectivity index (χ0) is 15.6. The number of amides is 2. The number of aromatic nitrogens is 2. The van der Waals surface area contributed by atoms with Crippen molar-refractivity contribution in [1.82, 2.24) is 15.3 Å². The summed E-state index contributed by atoms with van der Waals surface area (Å²) in [4.78, 5) is 20.2. The maximum atomic E-state index is 12.3. The third-order valence-electron chi connectivity index (χ3n) is 5.13. The van der Waals surface area contributed by atoms with Gasteiger partial charge in [0, 0.05) is 12.2 Å². The molecule has 0 spiro atoms. The Hall–Kier alpha value is -2.43. The number of hydrogen-bond acceptors (Lipinski definition) is 3. The lowest BCUT2D eigenvalue weighted by molar-refractivity contribution is 0.240. The van der Waals surface area contributed by atoms with Crippen LogP contribution in [0.2, 0.25) is 0 Å². The van der Waals surface area contributed by atoms with Gasteiger partial charge < -0.3 is 5.32 Å². The van der Waals surface area contributed by atoms with Crippen LogP contribution in [0.1, 0.15) is 24.0 Å². The Labute approximate surface area is 135 Å². The van der Waals surface area contributed by atoms with Crippen LogP contribution in [-0.2, 0) is 12.8 Å². The first-order valence-electron chi connectivity index (χ1n) is 8.20. The highest BCUT2D eigenvalue weighted by molar-refractivity contribution is 5.88. The van der Waals surface area contributed by atoms with E-state index in [0.717, 1.165) is 12.8 Å². The summed E-state index contributed by atoms with van der Waals surface area (Å²) in [6.45, 7) is 0. The molecule has 4 rings (SSSR count). The zero-order valence-corrected chi connectivity index (χ0v) is 12.9. The Balaban J connectivity index is 1.47. The van der Waals surface area contributed by atoms with Gasteiger partial charge in [-0.15, -0.1) is 0 Å². The molecule has 1 aromatic heterocycles. The molecule has 5 nitrogen and oxygen atoms in total. The second-order valence-corrected chi connectivity index (χ2v) is 6.49. The summed E-state index contributed by atoms with van der Waals surface area (Å²) in [6, 6.07) is 10.4. The largest absolute Gasteiger partial charge is 0.335 e. The average molecular weight is 308 g/mol. The summed E-state index contributed by atoms with van der Waals surface area (Å²) < 4.78 is 0. The van der Waals surface area contributed by atoms with Gasteiger partial charge in [0.1, 0.15) is 12.1 Å². The van der Waals surface area contributed by atoms with E-state index in [9.17, 15) is 4.79 Å². The Morgan fingerprint density at radius 2 is 1.74 bits per heavy atom. The van der Waals surface area contributed by atoms with E-state index in [1.165, 1.54) is 30.3 Å². The van der Waals surface area contributed by atoms with Crippen LogP contribution in [0, 0.1) is 11.8 Å². The number of rotatable bonds is 2. The normalized spacial score (nSPS) is 25.3. The van der Waals surface area contributed by atoms with Crippen molar-refractivity contribution in [2.75, 3.05) is 5.32 Å². The second-order valence-electron chi connectivity index (χ2n) is 6.49. The van der Waals surface area contributed by atoms with Gasteiger partial charge in [-0.1, -0.05) is 24.3 Å². The van der Waals surface area contributed by atoms with E-state index in [1.807, 2.05) is 0 Å². The second kappa shape index (κ2) is 5.99. The molecule has 118 valence electrons. The van der Waals surface area contributed by atoms with E-state index in [1.54, 1.807) is 12.3 Å². The molecule has 2 N–H and O–H groups in total. The molecule has 2 amide bonds. The molecule has 2 aliphatic carbocycles. The van der Waals surface area contributed by atoms with E-state index >= 15 is 0 Å². The van der Waals surface area contributed by atoms with Gasteiger partial charge >= 0.3 is 6.03 Å². The van der Waals surface area contributed by atoms with Crippen molar-refractivity contribution in [2.45, 2.75) is 31.7 Å². The van der Waals surface area contributed by atoms with Crippen LogP contribution < -0.4 is 10.6 Å². The first-order chi connectivity index (χ1) is 11.3. The smallest absolute Gasteiger partial charge is 0.320 e. The highest BCUT2D eigenvalue weighted by Gasteiger charge is 2.39. The van der Waals surface area contributed by atoms with E-state index in [4.69, 9.17) is 0 Å². The molecule has 0 radical (unpaired) electrons. The minimum atomic E-state index is -0.170. The van der Waals surface area contributed by atoms with Crippen LogP contribution in [-0.4, -0.2) is 22.0 Å². The molecule has 2 unspecified atom stereocenters. The van der Waals surface area contributed by atoms with Crippen LogP contribution in [0.4, 0.5) is 10.6 Å². The van der Waals surface area contributed by atoms with Crippen molar-refractivity contribution in [3.63, 3.8) is 0 Å². The molecule has 2 atom stereocenters. The molecule has 2 aliphatic rings. The summed E-state index contributed by atoms with van der Waals surface area (Å²) in [5.41, 5.74) is 2.89. The molecule has 0 saturated heterocycles. The van der Waals surface area contributed by atoms with Crippen LogP contribution in [0.25, 0.3) is 0 Å². The lowest BCUT2D eigenvalue weighted by Crippen LogP contribution is -2.44. The van der Waals surface area contributed by atoms with Crippen LogP contribution in [0.15, 0.2) is 42.9 Å². The maximum absolute atomic E-state index is 12.3. The lowest BCUT2D eigenvalue weighted by atomic mass is 9.94. The van der Waals surface area contributed by atoms with Gasteiger partial charge in [0.2, 0.25) is 0 Å². The minimum absolute atomic E-state index is 0.170. The number of fused-ring (bicyclic) bond motifs is 3. The Morgan fingerprint density at radius 3 is 2.35 bits per heavy atom. The van der Waals surface area contributed by atoms with Crippen molar-refractivity contribution in [3.05, 3.63) is 54.0 Å². The Kier molecular flexibility index (Phi) is 3.69. The third kappa shape index (κ3) is 2.91. The number of nitrogens with zero attached hydrogens (tertiary/aromatic N) is 2. The molecule has 5 heteroatoms. The van der Waals surface area contributed by atoms with Crippen molar-refractivity contribution < 1.29 is 4.79 Å².